The number of aromatic nitrogens is 1. The summed E-state index contributed by atoms with van der Waals surface area (Å²) in [5, 5.41) is 8.54. The van der Waals surface area contributed by atoms with Crippen molar-refractivity contribution < 1.29 is 9.90 Å². The van der Waals surface area contributed by atoms with Crippen LogP contribution in [0, 0.1) is 0 Å². The van der Waals surface area contributed by atoms with Gasteiger partial charge in [-0.1, -0.05) is 6.07 Å². The van der Waals surface area contributed by atoms with Crippen LogP contribution < -0.4 is 5.73 Å². The second-order valence-corrected chi connectivity index (χ2v) is 3.45. The van der Waals surface area contributed by atoms with E-state index in [0.717, 1.165) is 10.2 Å². The Hall–Kier alpha value is -0.940. The SMILES string of the molecule is NC(Cc1ccc(Br)nc1)C(=O)O. The van der Waals surface area contributed by atoms with Crippen molar-refractivity contribution in [2.45, 2.75) is 12.5 Å². The number of pyridine rings is 1. The minimum absolute atomic E-state index is 0.301. The van der Waals surface area contributed by atoms with Crippen LogP contribution in [0.2, 0.25) is 0 Å². The zero-order chi connectivity index (χ0) is 9.84. The summed E-state index contributed by atoms with van der Waals surface area (Å²) in [5.41, 5.74) is 6.17. The average Bonchev–Trinajstić information content (AvgIpc) is 2.08. The third kappa shape index (κ3) is 3.12. The van der Waals surface area contributed by atoms with E-state index in [2.05, 4.69) is 20.9 Å². The van der Waals surface area contributed by atoms with Crippen molar-refractivity contribution in [3.8, 4) is 0 Å². The van der Waals surface area contributed by atoms with Crippen LogP contribution in [-0.4, -0.2) is 22.1 Å². The summed E-state index contributed by atoms with van der Waals surface area (Å²) in [7, 11) is 0. The van der Waals surface area contributed by atoms with Gasteiger partial charge >= 0.3 is 5.97 Å². The quantitative estimate of drug-likeness (QED) is 0.772. The Bertz CT molecular complexity index is 300. The first kappa shape index (κ1) is 10.1. The highest BCUT2D eigenvalue weighted by Crippen LogP contribution is 2.07. The largest absolute Gasteiger partial charge is 0.480 e. The maximum atomic E-state index is 10.4. The van der Waals surface area contributed by atoms with Crippen LogP contribution >= 0.6 is 15.9 Å². The molecule has 5 heteroatoms. The maximum Gasteiger partial charge on any atom is 0.320 e. The summed E-state index contributed by atoms with van der Waals surface area (Å²) < 4.78 is 0.722. The van der Waals surface area contributed by atoms with Crippen molar-refractivity contribution in [3.63, 3.8) is 0 Å². The molecule has 0 bridgehead atoms. The Balaban J connectivity index is 2.64. The number of nitrogens with zero attached hydrogens (tertiary/aromatic N) is 1. The van der Waals surface area contributed by atoms with Gasteiger partial charge in [-0.3, -0.25) is 4.79 Å². The van der Waals surface area contributed by atoms with E-state index in [-0.39, 0.29) is 0 Å². The third-order valence-electron chi connectivity index (χ3n) is 1.56. The van der Waals surface area contributed by atoms with Crippen molar-refractivity contribution >= 4 is 21.9 Å². The minimum atomic E-state index is -0.997. The standard InChI is InChI=1S/C8H9BrN2O2/c9-7-2-1-5(4-11-7)3-6(10)8(12)13/h1-2,4,6H,3,10H2,(H,12,13). The molecule has 1 heterocycles. The number of carbonyl (C=O) groups is 1. The van der Waals surface area contributed by atoms with Crippen molar-refractivity contribution in [2.24, 2.45) is 5.73 Å². The average molecular weight is 245 g/mol. The fraction of sp³-hybridized carbons (Fsp3) is 0.250. The van der Waals surface area contributed by atoms with Crippen LogP contribution in [0.15, 0.2) is 22.9 Å². The van der Waals surface area contributed by atoms with E-state index >= 15 is 0 Å². The normalized spacial score (nSPS) is 12.5. The van der Waals surface area contributed by atoms with Crippen molar-refractivity contribution in [1.82, 2.24) is 4.98 Å². The Morgan fingerprint density at radius 3 is 2.85 bits per heavy atom. The molecule has 0 radical (unpaired) electrons. The Morgan fingerprint density at radius 2 is 2.38 bits per heavy atom. The van der Waals surface area contributed by atoms with Gasteiger partial charge in [0.25, 0.3) is 0 Å². The number of nitrogens with two attached hydrogens (primary N) is 1. The molecule has 4 nitrogen and oxygen atoms in total. The van der Waals surface area contributed by atoms with Gasteiger partial charge in [0.1, 0.15) is 10.6 Å². The molecule has 0 aliphatic rings. The van der Waals surface area contributed by atoms with Gasteiger partial charge in [-0.25, -0.2) is 4.98 Å². The lowest BCUT2D eigenvalue weighted by Gasteiger charge is -2.05. The van der Waals surface area contributed by atoms with Crippen LogP contribution in [0.3, 0.4) is 0 Å². The molecule has 13 heavy (non-hydrogen) atoms. The molecule has 0 saturated heterocycles. The van der Waals surface area contributed by atoms with Gasteiger partial charge in [0.2, 0.25) is 0 Å². The van der Waals surface area contributed by atoms with Gasteiger partial charge in [-0.15, -0.1) is 0 Å². The first-order valence-corrected chi connectivity index (χ1v) is 4.47. The summed E-state index contributed by atoms with van der Waals surface area (Å²) in [6.45, 7) is 0. The molecule has 0 spiro atoms. The predicted octanol–water partition coefficient (Wildman–Crippen LogP) is 0.798. The highest BCUT2D eigenvalue weighted by Gasteiger charge is 2.11. The number of halogens is 1. The fourth-order valence-corrected chi connectivity index (χ4v) is 1.10. The van der Waals surface area contributed by atoms with Gasteiger partial charge in [-0.2, -0.15) is 0 Å². The Morgan fingerprint density at radius 1 is 1.69 bits per heavy atom. The molecule has 1 aromatic heterocycles. The zero-order valence-electron chi connectivity index (χ0n) is 6.77. The molecule has 0 amide bonds. The second kappa shape index (κ2) is 4.34. The predicted molar refractivity (Wildman–Crippen MR) is 51.3 cm³/mol. The summed E-state index contributed by atoms with van der Waals surface area (Å²) in [6.07, 6.45) is 1.91. The molecular weight excluding hydrogens is 236 g/mol. The van der Waals surface area contributed by atoms with Gasteiger partial charge in [0.15, 0.2) is 0 Å². The molecule has 1 unspecified atom stereocenters. The summed E-state index contributed by atoms with van der Waals surface area (Å²) in [4.78, 5) is 14.4. The van der Waals surface area contributed by atoms with E-state index in [4.69, 9.17) is 10.8 Å². The number of aliphatic carboxylic acids is 1. The van der Waals surface area contributed by atoms with Crippen LogP contribution in [0.4, 0.5) is 0 Å². The van der Waals surface area contributed by atoms with Gasteiger partial charge in [0.05, 0.1) is 0 Å². The van der Waals surface area contributed by atoms with Crippen molar-refractivity contribution in [1.29, 1.82) is 0 Å². The minimum Gasteiger partial charge on any atom is -0.480 e. The van der Waals surface area contributed by atoms with Crippen molar-refractivity contribution in [3.05, 3.63) is 28.5 Å². The molecule has 3 N–H and O–H groups in total. The molecule has 1 atom stereocenters. The molecule has 1 rings (SSSR count). The van der Waals surface area contributed by atoms with Crippen LogP contribution in [0.5, 0.6) is 0 Å². The van der Waals surface area contributed by atoms with E-state index in [1.807, 2.05) is 0 Å². The lowest BCUT2D eigenvalue weighted by atomic mass is 10.1. The smallest absolute Gasteiger partial charge is 0.320 e. The molecular formula is C8H9BrN2O2. The van der Waals surface area contributed by atoms with Crippen LogP contribution in [0.1, 0.15) is 5.56 Å². The topological polar surface area (TPSA) is 76.2 Å². The molecule has 0 saturated carbocycles. The highest BCUT2D eigenvalue weighted by molar-refractivity contribution is 9.10. The Kier molecular flexibility index (Phi) is 3.39. The Labute approximate surface area is 83.9 Å². The summed E-state index contributed by atoms with van der Waals surface area (Å²) in [6, 6.07) is 2.69. The van der Waals surface area contributed by atoms with E-state index in [9.17, 15) is 4.79 Å². The third-order valence-corrected chi connectivity index (χ3v) is 2.03. The lowest BCUT2D eigenvalue weighted by molar-refractivity contribution is -0.138. The van der Waals surface area contributed by atoms with Crippen LogP contribution in [-0.2, 0) is 11.2 Å². The van der Waals surface area contributed by atoms with Crippen LogP contribution in [0.25, 0.3) is 0 Å². The van der Waals surface area contributed by atoms with E-state index in [0.29, 0.717) is 6.42 Å². The van der Waals surface area contributed by atoms with Gasteiger partial charge in [0, 0.05) is 6.20 Å². The van der Waals surface area contributed by atoms with E-state index < -0.39 is 12.0 Å². The highest BCUT2D eigenvalue weighted by atomic mass is 79.9. The molecule has 1 aromatic rings. The fourth-order valence-electron chi connectivity index (χ4n) is 0.868. The number of hydrogen-bond donors (Lipinski definition) is 2. The number of carboxylic acid groups (broad SMARTS) is 1. The maximum absolute atomic E-state index is 10.4. The lowest BCUT2D eigenvalue weighted by Crippen LogP contribution is -2.32. The summed E-state index contributed by atoms with van der Waals surface area (Å²) >= 11 is 3.18. The molecule has 0 aromatic carbocycles. The molecule has 0 aliphatic heterocycles. The number of hydrogen-bond acceptors (Lipinski definition) is 3. The monoisotopic (exact) mass is 244 g/mol. The zero-order valence-corrected chi connectivity index (χ0v) is 8.36. The van der Waals surface area contributed by atoms with E-state index in [1.54, 1.807) is 18.3 Å². The first-order chi connectivity index (χ1) is 6.09. The van der Waals surface area contributed by atoms with E-state index in [1.165, 1.54) is 0 Å². The first-order valence-electron chi connectivity index (χ1n) is 3.68. The number of carboxylic acids is 1. The van der Waals surface area contributed by atoms with Crippen molar-refractivity contribution in [2.75, 3.05) is 0 Å². The second-order valence-electron chi connectivity index (χ2n) is 2.64. The molecule has 0 fully saturated rings. The van der Waals surface area contributed by atoms with Gasteiger partial charge < -0.3 is 10.8 Å². The molecule has 0 aliphatic carbocycles. The summed E-state index contributed by atoms with van der Waals surface area (Å²) in [5.74, 6) is -0.997. The number of rotatable bonds is 3. The van der Waals surface area contributed by atoms with Gasteiger partial charge in [-0.05, 0) is 34.0 Å². The molecule has 70 valence electrons.